The lowest BCUT2D eigenvalue weighted by Gasteiger charge is -2.35. The van der Waals surface area contributed by atoms with Gasteiger partial charge in [0.25, 0.3) is 0 Å². The summed E-state index contributed by atoms with van der Waals surface area (Å²) < 4.78 is 5.39. The average molecular weight is 268 g/mol. The molecule has 1 saturated carbocycles. The van der Waals surface area contributed by atoms with Crippen LogP contribution in [0.1, 0.15) is 51.9 Å². The first-order valence-corrected chi connectivity index (χ1v) is 7.77. The van der Waals surface area contributed by atoms with Gasteiger partial charge < -0.3 is 15.4 Å². The number of hydrogen-bond donors (Lipinski definition) is 1. The van der Waals surface area contributed by atoms with Crippen molar-refractivity contribution >= 4 is 5.91 Å². The van der Waals surface area contributed by atoms with Crippen molar-refractivity contribution < 1.29 is 9.53 Å². The Morgan fingerprint density at radius 1 is 1.37 bits per heavy atom. The molecular formula is C15H28N2O2. The molecule has 1 saturated heterocycles. The Balaban J connectivity index is 1.84. The first kappa shape index (κ1) is 14.8. The van der Waals surface area contributed by atoms with E-state index in [1.165, 1.54) is 19.3 Å². The third kappa shape index (κ3) is 4.18. The van der Waals surface area contributed by atoms with E-state index in [0.717, 1.165) is 45.6 Å². The predicted molar refractivity (Wildman–Crippen MR) is 75.8 cm³/mol. The van der Waals surface area contributed by atoms with Crippen LogP contribution in [0.4, 0.5) is 0 Å². The topological polar surface area (TPSA) is 55.6 Å². The van der Waals surface area contributed by atoms with Gasteiger partial charge in [0.15, 0.2) is 0 Å². The van der Waals surface area contributed by atoms with Crippen molar-refractivity contribution in [3.8, 4) is 0 Å². The molecule has 1 aliphatic carbocycles. The summed E-state index contributed by atoms with van der Waals surface area (Å²) in [7, 11) is 0. The molecule has 110 valence electrons. The molecule has 2 rings (SSSR count). The maximum absolute atomic E-state index is 12.4. The third-order valence-corrected chi connectivity index (χ3v) is 4.59. The van der Waals surface area contributed by atoms with Crippen LogP contribution in [0.15, 0.2) is 0 Å². The second-order valence-corrected chi connectivity index (χ2v) is 6.26. The summed E-state index contributed by atoms with van der Waals surface area (Å²) >= 11 is 0. The van der Waals surface area contributed by atoms with Crippen molar-refractivity contribution in [1.29, 1.82) is 0 Å². The van der Waals surface area contributed by atoms with Crippen LogP contribution in [0.2, 0.25) is 0 Å². The lowest BCUT2D eigenvalue weighted by molar-refractivity contribution is -0.133. The Hall–Kier alpha value is -0.610. The molecule has 1 aliphatic heterocycles. The molecule has 1 heterocycles. The Labute approximate surface area is 116 Å². The third-order valence-electron chi connectivity index (χ3n) is 4.59. The normalized spacial score (nSPS) is 26.3. The van der Waals surface area contributed by atoms with Crippen LogP contribution in [0, 0.1) is 5.92 Å². The molecule has 4 nitrogen and oxygen atoms in total. The molecule has 0 aromatic rings. The SMILES string of the molecule is CCN(CC1CCOC1)C(=O)CC1(N)CCCCC1. The lowest BCUT2D eigenvalue weighted by atomic mass is 9.80. The fourth-order valence-electron chi connectivity index (χ4n) is 3.29. The van der Waals surface area contributed by atoms with Gasteiger partial charge in [0.1, 0.15) is 0 Å². The number of nitrogens with two attached hydrogens (primary N) is 1. The van der Waals surface area contributed by atoms with E-state index in [4.69, 9.17) is 10.5 Å². The highest BCUT2D eigenvalue weighted by atomic mass is 16.5. The molecule has 4 heteroatoms. The van der Waals surface area contributed by atoms with Gasteiger partial charge in [0.2, 0.25) is 5.91 Å². The van der Waals surface area contributed by atoms with Gasteiger partial charge in [-0.2, -0.15) is 0 Å². The Kier molecular flexibility index (Phi) is 5.22. The van der Waals surface area contributed by atoms with Crippen molar-refractivity contribution in [2.24, 2.45) is 11.7 Å². The molecule has 0 radical (unpaired) electrons. The minimum absolute atomic E-state index is 0.235. The van der Waals surface area contributed by atoms with Crippen LogP contribution in [-0.2, 0) is 9.53 Å². The largest absolute Gasteiger partial charge is 0.381 e. The molecule has 0 aromatic carbocycles. The molecule has 1 amide bonds. The second kappa shape index (κ2) is 6.71. The summed E-state index contributed by atoms with van der Waals surface area (Å²) in [6, 6.07) is 0. The van der Waals surface area contributed by atoms with E-state index in [9.17, 15) is 4.79 Å². The average Bonchev–Trinajstić information content (AvgIpc) is 2.89. The van der Waals surface area contributed by atoms with Crippen LogP contribution < -0.4 is 5.73 Å². The van der Waals surface area contributed by atoms with E-state index in [-0.39, 0.29) is 11.4 Å². The molecule has 0 spiro atoms. The van der Waals surface area contributed by atoms with E-state index in [1.54, 1.807) is 0 Å². The number of carbonyl (C=O) groups is 1. The molecule has 1 unspecified atom stereocenters. The number of carbonyl (C=O) groups excluding carboxylic acids is 1. The minimum atomic E-state index is -0.241. The van der Waals surface area contributed by atoms with Gasteiger partial charge in [-0.3, -0.25) is 4.79 Å². The molecular weight excluding hydrogens is 240 g/mol. The number of amides is 1. The fraction of sp³-hybridized carbons (Fsp3) is 0.933. The summed E-state index contributed by atoms with van der Waals surface area (Å²) in [6.07, 6.45) is 7.22. The molecule has 2 N–H and O–H groups in total. The van der Waals surface area contributed by atoms with E-state index < -0.39 is 0 Å². The van der Waals surface area contributed by atoms with Crippen LogP contribution >= 0.6 is 0 Å². The summed E-state index contributed by atoms with van der Waals surface area (Å²) in [6.45, 7) is 5.32. The molecule has 2 fully saturated rings. The summed E-state index contributed by atoms with van der Waals surface area (Å²) in [5.41, 5.74) is 6.15. The van der Waals surface area contributed by atoms with E-state index in [2.05, 4.69) is 6.92 Å². The Morgan fingerprint density at radius 3 is 2.68 bits per heavy atom. The molecule has 0 bridgehead atoms. The molecule has 2 aliphatic rings. The van der Waals surface area contributed by atoms with Crippen molar-refractivity contribution in [2.45, 2.75) is 57.4 Å². The fourth-order valence-corrected chi connectivity index (χ4v) is 3.29. The van der Waals surface area contributed by atoms with Crippen LogP contribution in [0.3, 0.4) is 0 Å². The van der Waals surface area contributed by atoms with Crippen molar-refractivity contribution in [2.75, 3.05) is 26.3 Å². The second-order valence-electron chi connectivity index (χ2n) is 6.26. The van der Waals surface area contributed by atoms with Gasteiger partial charge in [-0.1, -0.05) is 19.3 Å². The predicted octanol–water partition coefficient (Wildman–Crippen LogP) is 1.92. The molecule has 0 aromatic heterocycles. The van der Waals surface area contributed by atoms with Crippen molar-refractivity contribution in [3.63, 3.8) is 0 Å². The van der Waals surface area contributed by atoms with E-state index in [1.807, 2.05) is 4.90 Å². The smallest absolute Gasteiger partial charge is 0.224 e. The maximum atomic E-state index is 12.4. The zero-order valence-corrected chi connectivity index (χ0v) is 12.2. The van der Waals surface area contributed by atoms with Gasteiger partial charge >= 0.3 is 0 Å². The van der Waals surface area contributed by atoms with Gasteiger partial charge in [-0.15, -0.1) is 0 Å². The quantitative estimate of drug-likeness (QED) is 0.829. The standard InChI is InChI=1S/C15H28N2O2/c1-2-17(11-13-6-9-19-12-13)14(18)10-15(16)7-4-3-5-8-15/h13H,2-12,16H2,1H3. The Morgan fingerprint density at radius 2 is 2.11 bits per heavy atom. The number of hydrogen-bond acceptors (Lipinski definition) is 3. The monoisotopic (exact) mass is 268 g/mol. The van der Waals surface area contributed by atoms with Crippen LogP contribution in [0.25, 0.3) is 0 Å². The number of nitrogens with zero attached hydrogens (tertiary/aromatic N) is 1. The summed E-state index contributed by atoms with van der Waals surface area (Å²) in [5, 5.41) is 0. The van der Waals surface area contributed by atoms with Crippen LogP contribution in [0.5, 0.6) is 0 Å². The summed E-state index contributed by atoms with van der Waals surface area (Å²) in [4.78, 5) is 14.4. The highest BCUT2D eigenvalue weighted by molar-refractivity contribution is 5.77. The zero-order chi connectivity index (χ0) is 13.7. The van der Waals surface area contributed by atoms with Crippen LogP contribution in [-0.4, -0.2) is 42.6 Å². The lowest BCUT2D eigenvalue weighted by Crippen LogP contribution is -2.47. The summed E-state index contributed by atoms with van der Waals surface area (Å²) in [5.74, 6) is 0.753. The van der Waals surface area contributed by atoms with E-state index in [0.29, 0.717) is 12.3 Å². The van der Waals surface area contributed by atoms with Crippen molar-refractivity contribution in [1.82, 2.24) is 4.90 Å². The minimum Gasteiger partial charge on any atom is -0.381 e. The highest BCUT2D eigenvalue weighted by Crippen LogP contribution is 2.29. The number of rotatable bonds is 5. The van der Waals surface area contributed by atoms with Gasteiger partial charge in [-0.25, -0.2) is 0 Å². The van der Waals surface area contributed by atoms with Crippen molar-refractivity contribution in [3.05, 3.63) is 0 Å². The molecule has 19 heavy (non-hydrogen) atoms. The number of ether oxygens (including phenoxy) is 1. The first-order chi connectivity index (χ1) is 9.13. The van der Waals surface area contributed by atoms with Gasteiger partial charge in [0, 0.05) is 37.6 Å². The maximum Gasteiger partial charge on any atom is 0.224 e. The molecule has 1 atom stereocenters. The highest BCUT2D eigenvalue weighted by Gasteiger charge is 2.32. The van der Waals surface area contributed by atoms with Gasteiger partial charge in [-0.05, 0) is 26.2 Å². The Bertz CT molecular complexity index is 295. The zero-order valence-electron chi connectivity index (χ0n) is 12.2. The van der Waals surface area contributed by atoms with Gasteiger partial charge in [0.05, 0.1) is 6.61 Å². The van der Waals surface area contributed by atoms with E-state index >= 15 is 0 Å². The first-order valence-electron chi connectivity index (χ1n) is 7.77.